The maximum atomic E-state index is 13.0. The van der Waals surface area contributed by atoms with Crippen molar-refractivity contribution in [3.05, 3.63) is 42.7 Å². The van der Waals surface area contributed by atoms with Crippen molar-refractivity contribution in [1.82, 2.24) is 14.8 Å². The van der Waals surface area contributed by atoms with E-state index >= 15 is 0 Å². The Kier molecular flexibility index (Phi) is 5.77. The van der Waals surface area contributed by atoms with Crippen LogP contribution in [0.3, 0.4) is 0 Å². The molecule has 146 valence electrons. The molecule has 0 saturated heterocycles. The van der Waals surface area contributed by atoms with E-state index in [0.29, 0.717) is 29.1 Å². The van der Waals surface area contributed by atoms with Gasteiger partial charge >= 0.3 is 0 Å². The number of anilines is 1. The molecule has 0 N–H and O–H groups in total. The van der Waals surface area contributed by atoms with Gasteiger partial charge in [0.25, 0.3) is 0 Å². The molecular formula is C20H22N4O2S2. The van der Waals surface area contributed by atoms with Crippen LogP contribution in [0.5, 0.6) is 0 Å². The molecule has 0 aliphatic carbocycles. The van der Waals surface area contributed by atoms with Crippen molar-refractivity contribution in [3.8, 4) is 11.6 Å². The van der Waals surface area contributed by atoms with E-state index in [9.17, 15) is 4.79 Å². The number of aromatic nitrogens is 3. The lowest BCUT2D eigenvalue weighted by atomic mass is 10.2. The number of carbonyl (C=O) groups excluding carboxylic acids is 1. The largest absolute Gasteiger partial charge is 0.461 e. The summed E-state index contributed by atoms with van der Waals surface area (Å²) in [4.78, 5) is 16.1. The molecule has 0 radical (unpaired) electrons. The molecular weight excluding hydrogens is 392 g/mol. The smallest absolute Gasteiger partial charge is 0.237 e. The Morgan fingerprint density at radius 1 is 1.29 bits per heavy atom. The lowest BCUT2D eigenvalue weighted by Gasteiger charge is -2.22. The van der Waals surface area contributed by atoms with Gasteiger partial charge in [-0.3, -0.25) is 9.36 Å². The maximum Gasteiger partial charge on any atom is 0.237 e. The van der Waals surface area contributed by atoms with Gasteiger partial charge in [-0.15, -0.1) is 22.0 Å². The lowest BCUT2D eigenvalue weighted by Crippen LogP contribution is -2.33. The first-order valence-corrected chi connectivity index (χ1v) is 11.2. The summed E-state index contributed by atoms with van der Waals surface area (Å²) in [5.74, 6) is 1.79. The SMILES string of the molecule is CCn1c(SCC(=O)N2CCC(C)Sc3ccccc32)nnc1-c1ccco1. The molecule has 1 aromatic carbocycles. The number of furan rings is 1. The molecule has 1 atom stereocenters. The van der Waals surface area contributed by atoms with Crippen LogP contribution < -0.4 is 4.90 Å². The van der Waals surface area contributed by atoms with Gasteiger partial charge < -0.3 is 9.32 Å². The molecule has 1 amide bonds. The summed E-state index contributed by atoms with van der Waals surface area (Å²) in [5, 5.41) is 9.75. The van der Waals surface area contributed by atoms with E-state index in [1.165, 1.54) is 16.7 Å². The molecule has 0 fully saturated rings. The highest BCUT2D eigenvalue weighted by atomic mass is 32.2. The van der Waals surface area contributed by atoms with Crippen molar-refractivity contribution in [2.45, 2.75) is 42.1 Å². The number of para-hydroxylation sites is 1. The second-order valence-corrected chi connectivity index (χ2v) is 8.97. The van der Waals surface area contributed by atoms with Gasteiger partial charge in [0.05, 0.1) is 17.7 Å². The standard InChI is InChI=1S/C20H22N4O2S2/c1-3-23-19(16-8-6-12-26-16)21-22-20(23)27-13-18(25)24-11-10-14(2)28-17-9-5-4-7-15(17)24/h4-9,12,14H,3,10-11,13H2,1-2H3. The van der Waals surface area contributed by atoms with Gasteiger partial charge in [-0.2, -0.15) is 0 Å². The average molecular weight is 415 g/mol. The van der Waals surface area contributed by atoms with Crippen LogP contribution in [0.4, 0.5) is 5.69 Å². The lowest BCUT2D eigenvalue weighted by molar-refractivity contribution is -0.116. The van der Waals surface area contributed by atoms with Gasteiger partial charge in [0.15, 0.2) is 16.7 Å². The molecule has 2 aromatic heterocycles. The molecule has 6 nitrogen and oxygen atoms in total. The van der Waals surface area contributed by atoms with Crippen LogP contribution in [0.15, 0.2) is 57.1 Å². The van der Waals surface area contributed by atoms with E-state index < -0.39 is 0 Å². The monoisotopic (exact) mass is 414 g/mol. The number of thioether (sulfide) groups is 2. The highest BCUT2D eigenvalue weighted by molar-refractivity contribution is 8.00. The number of hydrogen-bond acceptors (Lipinski definition) is 6. The molecule has 0 spiro atoms. The predicted molar refractivity (Wildman–Crippen MR) is 113 cm³/mol. The first kappa shape index (κ1) is 19.1. The minimum Gasteiger partial charge on any atom is -0.461 e. The number of nitrogens with zero attached hydrogens (tertiary/aromatic N) is 4. The van der Waals surface area contributed by atoms with Crippen LogP contribution in [0.1, 0.15) is 20.3 Å². The van der Waals surface area contributed by atoms with Crippen molar-refractivity contribution in [3.63, 3.8) is 0 Å². The van der Waals surface area contributed by atoms with Crippen LogP contribution in [0.2, 0.25) is 0 Å². The molecule has 1 aliphatic heterocycles. The summed E-state index contributed by atoms with van der Waals surface area (Å²) < 4.78 is 7.43. The Bertz CT molecular complexity index is 955. The van der Waals surface area contributed by atoms with E-state index in [1.54, 1.807) is 6.26 Å². The van der Waals surface area contributed by atoms with Gasteiger partial charge in [0.2, 0.25) is 5.91 Å². The first-order chi connectivity index (χ1) is 13.7. The van der Waals surface area contributed by atoms with Gasteiger partial charge in [0.1, 0.15) is 0 Å². The second-order valence-electron chi connectivity index (χ2n) is 6.55. The topological polar surface area (TPSA) is 64.2 Å². The van der Waals surface area contributed by atoms with Crippen LogP contribution in [-0.2, 0) is 11.3 Å². The fraction of sp³-hybridized carbons (Fsp3) is 0.350. The van der Waals surface area contributed by atoms with Gasteiger partial charge in [-0.25, -0.2) is 0 Å². The van der Waals surface area contributed by atoms with E-state index in [4.69, 9.17) is 4.42 Å². The van der Waals surface area contributed by atoms with Crippen LogP contribution in [-0.4, -0.2) is 38.2 Å². The molecule has 1 unspecified atom stereocenters. The molecule has 4 rings (SSSR count). The highest BCUT2D eigenvalue weighted by Gasteiger charge is 2.25. The Morgan fingerprint density at radius 3 is 2.93 bits per heavy atom. The van der Waals surface area contributed by atoms with Crippen molar-refractivity contribution in [1.29, 1.82) is 0 Å². The molecule has 28 heavy (non-hydrogen) atoms. The molecule has 3 heterocycles. The van der Waals surface area contributed by atoms with Gasteiger partial charge in [0, 0.05) is 23.2 Å². The van der Waals surface area contributed by atoms with Crippen molar-refractivity contribution >= 4 is 35.1 Å². The number of carbonyl (C=O) groups is 1. The zero-order valence-corrected chi connectivity index (χ0v) is 17.5. The van der Waals surface area contributed by atoms with Crippen LogP contribution >= 0.6 is 23.5 Å². The number of hydrogen-bond donors (Lipinski definition) is 0. The van der Waals surface area contributed by atoms with E-state index in [2.05, 4.69) is 23.2 Å². The normalized spacial score (nSPS) is 16.6. The Labute approximate surface area is 172 Å². The van der Waals surface area contributed by atoms with E-state index in [1.807, 2.05) is 58.5 Å². The summed E-state index contributed by atoms with van der Waals surface area (Å²) in [5.41, 5.74) is 1.01. The van der Waals surface area contributed by atoms with E-state index in [-0.39, 0.29) is 5.91 Å². The number of amides is 1. The third-order valence-electron chi connectivity index (χ3n) is 4.64. The Morgan fingerprint density at radius 2 is 2.14 bits per heavy atom. The first-order valence-electron chi connectivity index (χ1n) is 9.33. The number of benzene rings is 1. The van der Waals surface area contributed by atoms with Crippen LogP contribution in [0.25, 0.3) is 11.6 Å². The zero-order valence-electron chi connectivity index (χ0n) is 15.9. The minimum absolute atomic E-state index is 0.0948. The summed E-state index contributed by atoms with van der Waals surface area (Å²) in [6.07, 6.45) is 2.60. The summed E-state index contributed by atoms with van der Waals surface area (Å²) in [7, 11) is 0. The van der Waals surface area contributed by atoms with Crippen molar-refractivity contribution < 1.29 is 9.21 Å². The summed E-state index contributed by atoms with van der Waals surface area (Å²) in [6.45, 7) is 5.69. The highest BCUT2D eigenvalue weighted by Crippen LogP contribution is 2.37. The molecule has 0 saturated carbocycles. The summed E-state index contributed by atoms with van der Waals surface area (Å²) >= 11 is 3.26. The predicted octanol–water partition coefficient (Wildman–Crippen LogP) is 4.57. The molecule has 0 bridgehead atoms. The second kappa shape index (κ2) is 8.45. The minimum atomic E-state index is 0.0948. The zero-order chi connectivity index (χ0) is 19.5. The third kappa shape index (κ3) is 3.84. The van der Waals surface area contributed by atoms with Crippen molar-refractivity contribution in [2.75, 3.05) is 17.2 Å². The van der Waals surface area contributed by atoms with Gasteiger partial charge in [-0.1, -0.05) is 30.8 Å². The number of fused-ring (bicyclic) bond motifs is 1. The fourth-order valence-corrected chi connectivity index (χ4v) is 5.21. The van der Waals surface area contributed by atoms with Crippen molar-refractivity contribution in [2.24, 2.45) is 0 Å². The fourth-order valence-electron chi connectivity index (χ4n) is 3.22. The third-order valence-corrected chi connectivity index (χ3v) is 6.83. The summed E-state index contributed by atoms with van der Waals surface area (Å²) in [6, 6.07) is 11.8. The Hall–Kier alpha value is -2.19. The number of rotatable bonds is 5. The average Bonchev–Trinajstić information content (AvgIpc) is 3.33. The van der Waals surface area contributed by atoms with E-state index in [0.717, 1.165) is 23.8 Å². The molecule has 8 heteroatoms. The Balaban J connectivity index is 1.51. The van der Waals surface area contributed by atoms with Crippen LogP contribution in [0, 0.1) is 0 Å². The quantitative estimate of drug-likeness (QED) is 0.570. The van der Waals surface area contributed by atoms with Gasteiger partial charge in [-0.05, 0) is 37.6 Å². The molecule has 3 aromatic rings. The maximum absolute atomic E-state index is 13.0. The molecule has 1 aliphatic rings.